The van der Waals surface area contributed by atoms with Gasteiger partial charge in [-0.1, -0.05) is 0 Å². The summed E-state index contributed by atoms with van der Waals surface area (Å²) in [5.41, 5.74) is 2.40. The molecule has 0 aliphatic carbocycles. The fraction of sp³-hybridized carbons (Fsp3) is 0.421. The number of aliphatic hydroxyl groups is 1. The minimum Gasteiger partial charge on any atom is -0.466 e. The number of anilines is 2. The maximum atomic E-state index is 12.6. The monoisotopic (exact) mass is 390 g/mol. The maximum absolute atomic E-state index is 12.6. The van der Waals surface area contributed by atoms with Gasteiger partial charge in [0, 0.05) is 17.9 Å². The van der Waals surface area contributed by atoms with Gasteiger partial charge in [-0.2, -0.15) is 0 Å². The van der Waals surface area contributed by atoms with E-state index < -0.39 is 5.97 Å². The van der Waals surface area contributed by atoms with Crippen LogP contribution in [0.3, 0.4) is 0 Å². The highest BCUT2D eigenvalue weighted by molar-refractivity contribution is 6.08. The molecule has 1 aromatic rings. The smallest absolute Gasteiger partial charge is 0.337 e. The van der Waals surface area contributed by atoms with Crippen molar-refractivity contribution in [2.24, 2.45) is 0 Å². The van der Waals surface area contributed by atoms with Crippen molar-refractivity contribution in [1.29, 1.82) is 0 Å². The first kappa shape index (κ1) is 21.4. The quantitative estimate of drug-likeness (QED) is 0.543. The zero-order chi connectivity index (χ0) is 20.8. The number of nitrogens with zero attached hydrogens (tertiary/aromatic N) is 2. The Hall–Kier alpha value is -2.91. The Morgan fingerprint density at radius 2 is 2.04 bits per heavy atom. The van der Waals surface area contributed by atoms with Crippen LogP contribution < -0.4 is 10.6 Å². The lowest BCUT2D eigenvalue weighted by molar-refractivity contribution is -0.136. The molecule has 152 valence electrons. The van der Waals surface area contributed by atoms with E-state index in [1.165, 1.54) is 12.0 Å². The zero-order valence-corrected chi connectivity index (χ0v) is 16.5. The van der Waals surface area contributed by atoms with E-state index in [4.69, 9.17) is 9.84 Å². The highest BCUT2D eigenvalue weighted by Gasteiger charge is 2.34. The van der Waals surface area contributed by atoms with Crippen molar-refractivity contribution in [2.75, 3.05) is 58.1 Å². The Labute approximate surface area is 163 Å². The number of hydrogen-bond donors (Lipinski definition) is 3. The summed E-state index contributed by atoms with van der Waals surface area (Å²) in [6.45, 7) is 2.10. The molecule has 0 saturated carbocycles. The van der Waals surface area contributed by atoms with Gasteiger partial charge in [0.25, 0.3) is 5.91 Å². The van der Waals surface area contributed by atoms with Crippen molar-refractivity contribution in [3.63, 3.8) is 0 Å². The SMILES string of the molecule is COC(=O)C1=C(Nc2ccc(NC(=O)CN(C)C)c(C)c2)C(=O)N(CCO)C1. The molecule has 1 aliphatic heterocycles. The number of rotatable bonds is 8. The molecule has 2 amide bonds. The third-order valence-electron chi connectivity index (χ3n) is 4.18. The van der Waals surface area contributed by atoms with E-state index in [1.807, 2.05) is 21.0 Å². The second kappa shape index (κ2) is 9.34. The second-order valence-electron chi connectivity index (χ2n) is 6.74. The summed E-state index contributed by atoms with van der Waals surface area (Å²) in [7, 11) is 4.87. The van der Waals surface area contributed by atoms with Crippen LogP contribution in [0, 0.1) is 6.92 Å². The molecule has 0 radical (unpaired) electrons. The number of β-amino-alcohol motifs (C(OH)–C–C–N with tert-alkyl or cyclic N) is 1. The summed E-state index contributed by atoms with van der Waals surface area (Å²) >= 11 is 0. The summed E-state index contributed by atoms with van der Waals surface area (Å²) in [5.74, 6) is -1.11. The Morgan fingerprint density at radius 1 is 1.32 bits per heavy atom. The van der Waals surface area contributed by atoms with Gasteiger partial charge in [-0.05, 0) is 44.8 Å². The molecule has 0 atom stereocenters. The summed E-state index contributed by atoms with van der Waals surface area (Å²) in [5, 5.41) is 14.9. The predicted octanol–water partition coefficient (Wildman–Crippen LogP) is 0.169. The van der Waals surface area contributed by atoms with Gasteiger partial charge in [-0.15, -0.1) is 0 Å². The first-order valence-electron chi connectivity index (χ1n) is 8.80. The molecular weight excluding hydrogens is 364 g/mol. The number of esters is 1. The van der Waals surface area contributed by atoms with E-state index in [-0.39, 0.29) is 49.3 Å². The lowest BCUT2D eigenvalue weighted by Gasteiger charge is -2.16. The number of carbonyl (C=O) groups is 3. The normalized spacial score (nSPS) is 13.9. The van der Waals surface area contributed by atoms with Crippen LogP contribution in [0.15, 0.2) is 29.5 Å². The van der Waals surface area contributed by atoms with E-state index in [1.54, 1.807) is 23.1 Å². The first-order chi connectivity index (χ1) is 13.3. The number of likely N-dealkylation sites (N-methyl/N-ethyl adjacent to an activating group) is 1. The molecular formula is C19H26N4O5. The number of amides is 2. The molecule has 3 N–H and O–H groups in total. The number of methoxy groups -OCH3 is 1. The van der Waals surface area contributed by atoms with Crippen molar-refractivity contribution < 1.29 is 24.2 Å². The number of ether oxygens (including phenoxy) is 1. The molecule has 0 bridgehead atoms. The minimum atomic E-state index is -0.597. The highest BCUT2D eigenvalue weighted by Crippen LogP contribution is 2.25. The van der Waals surface area contributed by atoms with Gasteiger partial charge in [0.15, 0.2) is 0 Å². The fourth-order valence-electron chi connectivity index (χ4n) is 2.85. The molecule has 2 rings (SSSR count). The molecule has 0 spiro atoms. The van der Waals surface area contributed by atoms with Crippen molar-refractivity contribution in [3.8, 4) is 0 Å². The van der Waals surface area contributed by atoms with Crippen LogP contribution in [0.1, 0.15) is 5.56 Å². The van der Waals surface area contributed by atoms with Gasteiger partial charge in [0.05, 0.1) is 32.4 Å². The lowest BCUT2D eigenvalue weighted by atomic mass is 10.1. The largest absolute Gasteiger partial charge is 0.466 e. The maximum Gasteiger partial charge on any atom is 0.337 e. The molecule has 28 heavy (non-hydrogen) atoms. The zero-order valence-electron chi connectivity index (χ0n) is 16.5. The predicted molar refractivity (Wildman–Crippen MR) is 105 cm³/mol. The molecule has 9 nitrogen and oxygen atoms in total. The van der Waals surface area contributed by atoms with E-state index in [0.29, 0.717) is 11.4 Å². The summed E-state index contributed by atoms with van der Waals surface area (Å²) in [6.07, 6.45) is 0. The average Bonchev–Trinajstić information content (AvgIpc) is 2.93. The van der Waals surface area contributed by atoms with Crippen molar-refractivity contribution in [3.05, 3.63) is 35.0 Å². The Kier molecular flexibility index (Phi) is 7.13. The molecule has 1 aliphatic rings. The van der Waals surface area contributed by atoms with Crippen LogP contribution in [0.25, 0.3) is 0 Å². The fourth-order valence-corrected chi connectivity index (χ4v) is 2.85. The number of aryl methyl sites for hydroxylation is 1. The van der Waals surface area contributed by atoms with E-state index in [2.05, 4.69) is 10.6 Å². The third-order valence-corrected chi connectivity index (χ3v) is 4.18. The topological polar surface area (TPSA) is 111 Å². The number of hydrogen-bond acceptors (Lipinski definition) is 7. The van der Waals surface area contributed by atoms with Crippen LogP contribution >= 0.6 is 0 Å². The van der Waals surface area contributed by atoms with Crippen molar-refractivity contribution in [2.45, 2.75) is 6.92 Å². The summed E-state index contributed by atoms with van der Waals surface area (Å²) in [4.78, 5) is 39.7. The molecule has 1 heterocycles. The number of aliphatic hydroxyl groups excluding tert-OH is 1. The lowest BCUT2D eigenvalue weighted by Crippen LogP contribution is -2.31. The number of benzene rings is 1. The van der Waals surface area contributed by atoms with Crippen LogP contribution in [0.2, 0.25) is 0 Å². The van der Waals surface area contributed by atoms with Crippen LogP contribution in [-0.4, -0.2) is 80.1 Å². The van der Waals surface area contributed by atoms with Gasteiger partial charge >= 0.3 is 5.97 Å². The molecule has 0 fully saturated rings. The van der Waals surface area contributed by atoms with E-state index >= 15 is 0 Å². The van der Waals surface area contributed by atoms with Gasteiger partial charge in [-0.25, -0.2) is 4.79 Å². The molecule has 9 heteroatoms. The highest BCUT2D eigenvalue weighted by atomic mass is 16.5. The number of carbonyl (C=O) groups excluding carboxylic acids is 3. The van der Waals surface area contributed by atoms with Gasteiger partial charge in [0.2, 0.25) is 5.91 Å². The Balaban J connectivity index is 2.21. The molecule has 1 aromatic carbocycles. The van der Waals surface area contributed by atoms with Crippen molar-refractivity contribution in [1.82, 2.24) is 9.80 Å². The van der Waals surface area contributed by atoms with Crippen molar-refractivity contribution >= 4 is 29.2 Å². The molecule has 0 saturated heterocycles. The van der Waals surface area contributed by atoms with Gasteiger partial charge in [0.1, 0.15) is 5.70 Å². The Morgan fingerprint density at radius 3 is 2.61 bits per heavy atom. The van der Waals surface area contributed by atoms with Gasteiger partial charge < -0.3 is 30.3 Å². The summed E-state index contributed by atoms with van der Waals surface area (Å²) < 4.78 is 4.77. The standard InChI is InChI=1S/C19H26N4O5/c1-12-9-13(5-6-15(12)21-16(25)11-22(2)3)20-17-14(19(27)28-4)10-23(7-8-24)18(17)26/h5-6,9,20,24H,7-8,10-11H2,1-4H3,(H,21,25). The third kappa shape index (κ3) is 5.08. The minimum absolute atomic E-state index is 0.0755. The average molecular weight is 390 g/mol. The molecule has 0 aromatic heterocycles. The molecule has 0 unspecified atom stereocenters. The van der Waals surface area contributed by atoms with E-state index in [0.717, 1.165) is 5.56 Å². The van der Waals surface area contributed by atoms with Crippen LogP contribution in [-0.2, 0) is 19.1 Å². The van der Waals surface area contributed by atoms with Gasteiger partial charge in [-0.3, -0.25) is 9.59 Å². The summed E-state index contributed by atoms with van der Waals surface area (Å²) in [6, 6.07) is 5.21. The van der Waals surface area contributed by atoms with E-state index in [9.17, 15) is 14.4 Å². The van der Waals surface area contributed by atoms with Crippen LogP contribution in [0.4, 0.5) is 11.4 Å². The Bertz CT molecular complexity index is 804. The number of nitrogens with one attached hydrogen (secondary N) is 2. The van der Waals surface area contributed by atoms with Crippen LogP contribution in [0.5, 0.6) is 0 Å². The second-order valence-corrected chi connectivity index (χ2v) is 6.74. The first-order valence-corrected chi connectivity index (χ1v) is 8.80.